The number of carbonyl (C=O) groups is 1. The maximum Gasteiger partial charge on any atom is 0.416 e. The first kappa shape index (κ1) is 20.9. The normalized spacial score (nSPS) is 12.9. The third-order valence-corrected chi connectivity index (χ3v) is 5.09. The fourth-order valence-electron chi connectivity index (χ4n) is 2.02. The van der Waals surface area contributed by atoms with E-state index in [-0.39, 0.29) is 10.0 Å². The number of halogens is 5. The van der Waals surface area contributed by atoms with Gasteiger partial charge in [0.1, 0.15) is 0 Å². The highest BCUT2D eigenvalue weighted by atomic mass is 79.9. The van der Waals surface area contributed by atoms with E-state index >= 15 is 0 Å². The third-order valence-electron chi connectivity index (χ3n) is 3.31. The number of nitrogens with zero attached hydrogens (tertiary/aromatic N) is 1. The van der Waals surface area contributed by atoms with E-state index in [0.29, 0.717) is 12.1 Å². The lowest BCUT2D eigenvalue weighted by atomic mass is 10.1. The van der Waals surface area contributed by atoms with Gasteiger partial charge in [-0.2, -0.15) is 18.4 Å². The second-order valence-electron chi connectivity index (χ2n) is 5.24. The Labute approximate surface area is 159 Å². The highest BCUT2D eigenvalue weighted by molar-refractivity contribution is 9.10. The van der Waals surface area contributed by atoms with Gasteiger partial charge in [0.05, 0.1) is 22.1 Å². The van der Waals surface area contributed by atoms with Gasteiger partial charge in [0, 0.05) is 4.47 Å². The van der Waals surface area contributed by atoms with E-state index in [2.05, 4.69) is 15.9 Å². The van der Waals surface area contributed by atoms with Crippen LogP contribution in [0.4, 0.5) is 17.6 Å². The minimum Gasteiger partial charge on any atom is -0.270 e. The summed E-state index contributed by atoms with van der Waals surface area (Å²) < 4.78 is 77.9. The zero-order valence-corrected chi connectivity index (χ0v) is 15.5. The van der Waals surface area contributed by atoms with E-state index in [1.54, 1.807) is 6.07 Å². The van der Waals surface area contributed by atoms with Crippen LogP contribution in [0, 0.1) is 11.3 Å². The third kappa shape index (κ3) is 5.05. The summed E-state index contributed by atoms with van der Waals surface area (Å²) in [4.78, 5) is 11.4. The van der Waals surface area contributed by atoms with Crippen molar-refractivity contribution >= 4 is 31.9 Å². The molecule has 0 spiro atoms. The first-order chi connectivity index (χ1) is 12.4. The van der Waals surface area contributed by atoms with Crippen molar-refractivity contribution in [1.82, 2.24) is 4.72 Å². The van der Waals surface area contributed by atoms with E-state index < -0.39 is 44.3 Å². The predicted octanol–water partition coefficient (Wildman–Crippen LogP) is 3.86. The van der Waals surface area contributed by atoms with Gasteiger partial charge in [0.15, 0.2) is 0 Å². The van der Waals surface area contributed by atoms with Gasteiger partial charge in [-0.05, 0) is 35.9 Å². The van der Waals surface area contributed by atoms with Crippen molar-refractivity contribution in [2.45, 2.75) is 17.2 Å². The summed E-state index contributed by atoms with van der Waals surface area (Å²) in [6, 6.07) is 7.78. The maximum atomic E-state index is 14.2. The number of nitriles is 1. The summed E-state index contributed by atoms with van der Waals surface area (Å²) in [6.07, 6.45) is -7.14. The zero-order valence-electron chi connectivity index (χ0n) is 13.1. The van der Waals surface area contributed by atoms with Gasteiger partial charge in [0.2, 0.25) is 6.17 Å². The Morgan fingerprint density at radius 1 is 1.15 bits per heavy atom. The Balaban J connectivity index is 2.23. The molecule has 0 saturated heterocycles. The average molecular weight is 465 g/mol. The number of hydrogen-bond donors (Lipinski definition) is 1. The van der Waals surface area contributed by atoms with Crippen LogP contribution < -0.4 is 4.72 Å². The Bertz CT molecular complexity index is 1020. The minimum absolute atomic E-state index is 0.0169. The second kappa shape index (κ2) is 7.66. The molecular weight excluding hydrogens is 456 g/mol. The summed E-state index contributed by atoms with van der Waals surface area (Å²) in [5.74, 6) is -1.58. The Morgan fingerprint density at radius 2 is 1.74 bits per heavy atom. The van der Waals surface area contributed by atoms with Crippen LogP contribution in [0.1, 0.15) is 22.9 Å². The van der Waals surface area contributed by atoms with Crippen LogP contribution in [0.15, 0.2) is 51.8 Å². The summed E-state index contributed by atoms with van der Waals surface area (Å²) in [5, 5.41) is 8.86. The van der Waals surface area contributed by atoms with Gasteiger partial charge < -0.3 is 0 Å². The molecule has 1 atom stereocenters. The molecule has 0 radical (unpaired) electrons. The van der Waals surface area contributed by atoms with Crippen molar-refractivity contribution in [3.8, 4) is 6.07 Å². The first-order valence-electron chi connectivity index (χ1n) is 7.02. The van der Waals surface area contributed by atoms with Gasteiger partial charge in [-0.1, -0.05) is 28.1 Å². The predicted molar refractivity (Wildman–Crippen MR) is 89.5 cm³/mol. The molecule has 2 rings (SSSR count). The molecule has 1 unspecified atom stereocenters. The molecule has 11 heteroatoms. The summed E-state index contributed by atoms with van der Waals surface area (Å²) in [5.41, 5.74) is -1.50. The molecule has 2 aromatic rings. The van der Waals surface area contributed by atoms with Gasteiger partial charge in [0.25, 0.3) is 15.9 Å². The number of nitrogens with one attached hydrogen (secondary N) is 1. The topological polar surface area (TPSA) is 87.0 Å². The molecule has 142 valence electrons. The number of rotatable bonds is 4. The Kier molecular flexibility index (Phi) is 5.91. The van der Waals surface area contributed by atoms with Crippen LogP contribution in [-0.2, 0) is 21.0 Å². The van der Waals surface area contributed by atoms with Crippen LogP contribution in [0.2, 0.25) is 0 Å². The monoisotopic (exact) mass is 464 g/mol. The highest BCUT2D eigenvalue weighted by Crippen LogP contribution is 2.30. The molecule has 0 saturated carbocycles. The fraction of sp³-hybridized carbons (Fsp3) is 0.125. The number of carbonyl (C=O) groups excluding carboxylic acids is 1. The molecule has 0 aliphatic rings. The summed E-state index contributed by atoms with van der Waals surface area (Å²) in [6.45, 7) is 0. The second-order valence-corrected chi connectivity index (χ2v) is 7.84. The summed E-state index contributed by atoms with van der Waals surface area (Å²) >= 11 is 3.01. The number of alkyl halides is 4. The first-order valence-corrected chi connectivity index (χ1v) is 9.30. The lowest BCUT2D eigenvalue weighted by Gasteiger charge is -2.12. The highest BCUT2D eigenvalue weighted by Gasteiger charge is 2.31. The average Bonchev–Trinajstić information content (AvgIpc) is 2.59. The fourth-order valence-corrected chi connectivity index (χ4v) is 3.71. The van der Waals surface area contributed by atoms with Gasteiger partial charge in [-0.3, -0.25) is 4.79 Å². The van der Waals surface area contributed by atoms with Crippen molar-refractivity contribution < 1.29 is 30.8 Å². The van der Waals surface area contributed by atoms with Crippen LogP contribution in [0.25, 0.3) is 0 Å². The molecule has 0 aliphatic heterocycles. The van der Waals surface area contributed by atoms with E-state index in [4.69, 9.17) is 5.26 Å². The molecule has 0 fully saturated rings. The van der Waals surface area contributed by atoms with Gasteiger partial charge in [-0.15, -0.1) is 0 Å². The Morgan fingerprint density at radius 3 is 2.26 bits per heavy atom. The summed E-state index contributed by atoms with van der Waals surface area (Å²) in [7, 11) is -4.50. The van der Waals surface area contributed by atoms with Crippen LogP contribution in [-0.4, -0.2) is 14.3 Å². The molecule has 5 nitrogen and oxygen atoms in total. The van der Waals surface area contributed by atoms with Gasteiger partial charge in [-0.25, -0.2) is 17.5 Å². The van der Waals surface area contributed by atoms with Crippen LogP contribution >= 0.6 is 15.9 Å². The number of hydrogen-bond acceptors (Lipinski definition) is 4. The number of amides is 1. The van der Waals surface area contributed by atoms with Crippen molar-refractivity contribution in [3.63, 3.8) is 0 Å². The zero-order chi connectivity index (χ0) is 20.4. The minimum atomic E-state index is -4.63. The molecule has 0 aliphatic carbocycles. The SMILES string of the molecule is N#Cc1cc(Br)cc(S(=O)(=O)NC(=O)C(F)c2ccc(C(F)(F)F)cc2)c1. The van der Waals surface area contributed by atoms with E-state index in [0.717, 1.165) is 24.3 Å². The Hall–Kier alpha value is -2.45. The van der Waals surface area contributed by atoms with Crippen LogP contribution in [0.5, 0.6) is 0 Å². The number of sulfonamides is 1. The van der Waals surface area contributed by atoms with Crippen LogP contribution in [0.3, 0.4) is 0 Å². The van der Waals surface area contributed by atoms with Crippen molar-refractivity contribution in [1.29, 1.82) is 5.26 Å². The molecule has 1 amide bonds. The van der Waals surface area contributed by atoms with E-state index in [1.807, 2.05) is 0 Å². The molecule has 27 heavy (non-hydrogen) atoms. The van der Waals surface area contributed by atoms with Crippen molar-refractivity contribution in [2.24, 2.45) is 0 Å². The molecule has 1 N–H and O–H groups in total. The molecule has 2 aromatic carbocycles. The standard InChI is InChI=1S/C16H9BrF4N2O3S/c17-12-5-9(8-22)6-13(7-12)27(25,26)23-15(24)14(18)10-1-3-11(4-2-10)16(19,20)21/h1-7,14H,(H,23,24). The van der Waals surface area contributed by atoms with Crippen molar-refractivity contribution in [3.05, 3.63) is 63.6 Å². The maximum absolute atomic E-state index is 14.2. The number of benzene rings is 2. The quantitative estimate of drug-likeness (QED) is 0.696. The lowest BCUT2D eigenvalue weighted by Crippen LogP contribution is -2.33. The molecule has 0 bridgehead atoms. The smallest absolute Gasteiger partial charge is 0.270 e. The molecule has 0 aromatic heterocycles. The molecular formula is C16H9BrF4N2O3S. The van der Waals surface area contributed by atoms with E-state index in [9.17, 15) is 30.8 Å². The van der Waals surface area contributed by atoms with Crippen molar-refractivity contribution in [2.75, 3.05) is 0 Å². The van der Waals surface area contributed by atoms with E-state index in [1.165, 1.54) is 10.8 Å². The largest absolute Gasteiger partial charge is 0.416 e. The lowest BCUT2D eigenvalue weighted by molar-refractivity contribution is -0.137. The van der Waals surface area contributed by atoms with Gasteiger partial charge >= 0.3 is 6.18 Å². The molecule has 0 heterocycles.